The highest BCUT2D eigenvalue weighted by molar-refractivity contribution is 5.98. The van der Waals surface area contributed by atoms with Crippen molar-refractivity contribution in [2.24, 2.45) is 0 Å². The fraction of sp³-hybridized carbons (Fsp3) is 0.143. The van der Waals surface area contributed by atoms with E-state index in [9.17, 15) is 24.8 Å². The molecule has 9 heteroatoms. The summed E-state index contributed by atoms with van der Waals surface area (Å²) in [6.45, 7) is 0.924. The summed E-state index contributed by atoms with van der Waals surface area (Å²) < 4.78 is 1.75. The fourth-order valence-corrected chi connectivity index (χ4v) is 3.57. The quantitative estimate of drug-likeness (QED) is 0.480. The summed E-state index contributed by atoms with van der Waals surface area (Å²) in [5.74, 6) is -1.53. The van der Waals surface area contributed by atoms with Crippen LogP contribution in [0.4, 0.5) is 11.4 Å². The highest BCUT2D eigenvalue weighted by atomic mass is 16.6. The van der Waals surface area contributed by atoms with Crippen molar-refractivity contribution in [2.45, 2.75) is 6.04 Å². The maximum atomic E-state index is 12.5. The van der Waals surface area contributed by atoms with Crippen molar-refractivity contribution in [1.82, 2.24) is 9.88 Å². The second kappa shape index (κ2) is 7.70. The number of carboxylic acid groups (broad SMARTS) is 1. The van der Waals surface area contributed by atoms with Crippen molar-refractivity contribution in [1.29, 1.82) is 0 Å². The molecule has 0 bridgehead atoms. The third kappa shape index (κ3) is 3.48. The van der Waals surface area contributed by atoms with Gasteiger partial charge in [0.2, 0.25) is 0 Å². The summed E-state index contributed by atoms with van der Waals surface area (Å²) in [5.41, 5.74) is 1.24. The zero-order valence-corrected chi connectivity index (χ0v) is 15.8. The van der Waals surface area contributed by atoms with E-state index in [2.05, 4.69) is 5.32 Å². The summed E-state index contributed by atoms with van der Waals surface area (Å²) in [6.07, 6.45) is 3.55. The molecule has 0 unspecified atom stereocenters. The number of amides is 1. The number of hydrogen-bond acceptors (Lipinski definition) is 5. The van der Waals surface area contributed by atoms with Gasteiger partial charge in [0.05, 0.1) is 27.9 Å². The Bertz CT molecular complexity index is 1120. The van der Waals surface area contributed by atoms with Crippen LogP contribution >= 0.6 is 0 Å². The molecule has 1 amide bonds. The van der Waals surface area contributed by atoms with Crippen LogP contribution in [-0.4, -0.2) is 45.6 Å². The molecule has 1 aliphatic heterocycles. The summed E-state index contributed by atoms with van der Waals surface area (Å²) in [6, 6.07) is 14.3. The van der Waals surface area contributed by atoms with Crippen LogP contribution in [-0.2, 0) is 0 Å². The van der Waals surface area contributed by atoms with E-state index < -0.39 is 16.8 Å². The number of hydrogen-bond donors (Lipinski definition) is 2. The minimum absolute atomic E-state index is 0.0156. The molecule has 2 heterocycles. The third-order valence-corrected chi connectivity index (χ3v) is 5.01. The molecule has 1 aromatic heterocycles. The molecule has 1 fully saturated rings. The molecule has 9 nitrogen and oxygen atoms in total. The van der Waals surface area contributed by atoms with Crippen LogP contribution in [0.2, 0.25) is 0 Å². The number of carbonyl (C=O) groups is 2. The van der Waals surface area contributed by atoms with Gasteiger partial charge in [0, 0.05) is 31.5 Å². The Kier molecular flexibility index (Phi) is 4.93. The van der Waals surface area contributed by atoms with Crippen molar-refractivity contribution < 1.29 is 19.6 Å². The first-order valence-electron chi connectivity index (χ1n) is 9.24. The molecule has 0 spiro atoms. The van der Waals surface area contributed by atoms with Crippen molar-refractivity contribution in [3.63, 3.8) is 0 Å². The van der Waals surface area contributed by atoms with Crippen LogP contribution in [0, 0.1) is 10.1 Å². The Balaban J connectivity index is 1.52. The minimum Gasteiger partial charge on any atom is -0.478 e. The van der Waals surface area contributed by atoms with Gasteiger partial charge in [-0.2, -0.15) is 0 Å². The summed E-state index contributed by atoms with van der Waals surface area (Å²) in [5, 5.41) is 23.5. The smallest absolute Gasteiger partial charge is 0.337 e. The van der Waals surface area contributed by atoms with Crippen LogP contribution in [0.25, 0.3) is 5.69 Å². The fourth-order valence-electron chi connectivity index (χ4n) is 3.57. The Hall–Kier alpha value is -4.14. The van der Waals surface area contributed by atoms with E-state index >= 15 is 0 Å². The monoisotopic (exact) mass is 406 g/mol. The molecule has 0 radical (unpaired) electrons. The lowest BCUT2D eigenvalue weighted by Crippen LogP contribution is -2.59. The van der Waals surface area contributed by atoms with E-state index in [1.54, 1.807) is 35.2 Å². The van der Waals surface area contributed by atoms with E-state index in [1.165, 1.54) is 18.2 Å². The number of anilines is 1. The van der Waals surface area contributed by atoms with E-state index in [-0.39, 0.29) is 22.9 Å². The van der Waals surface area contributed by atoms with Gasteiger partial charge in [0.25, 0.3) is 11.6 Å². The van der Waals surface area contributed by atoms with Gasteiger partial charge >= 0.3 is 5.97 Å². The second-order valence-electron chi connectivity index (χ2n) is 6.92. The number of aromatic carboxylic acids is 1. The van der Waals surface area contributed by atoms with Crippen molar-refractivity contribution in [3.05, 3.63) is 88.2 Å². The highest BCUT2D eigenvalue weighted by Crippen LogP contribution is 2.31. The number of carbonyl (C=O) groups excluding carboxylic acids is 1. The zero-order valence-electron chi connectivity index (χ0n) is 15.8. The number of aromatic nitrogens is 1. The first kappa shape index (κ1) is 19.2. The number of nitrogens with one attached hydrogen (secondary N) is 1. The summed E-state index contributed by atoms with van der Waals surface area (Å²) >= 11 is 0. The van der Waals surface area contributed by atoms with Crippen LogP contribution in [0.15, 0.2) is 67.0 Å². The lowest BCUT2D eigenvalue weighted by atomic mass is 10.0. The van der Waals surface area contributed by atoms with Gasteiger partial charge in [-0.15, -0.1) is 0 Å². The number of nitro benzene ring substituents is 1. The molecule has 0 aliphatic carbocycles. The largest absolute Gasteiger partial charge is 0.478 e. The Labute approximate surface area is 171 Å². The van der Waals surface area contributed by atoms with Gasteiger partial charge in [-0.05, 0) is 30.3 Å². The average Bonchev–Trinajstić information content (AvgIpc) is 3.24. The molecule has 4 rings (SSSR count). The normalized spacial score (nSPS) is 13.5. The molecular formula is C21H18N4O5. The van der Waals surface area contributed by atoms with Gasteiger partial charge < -0.3 is 19.9 Å². The first-order chi connectivity index (χ1) is 14.5. The number of nitro groups is 1. The summed E-state index contributed by atoms with van der Waals surface area (Å²) in [7, 11) is 0. The molecule has 30 heavy (non-hydrogen) atoms. The third-order valence-electron chi connectivity index (χ3n) is 5.01. The van der Waals surface area contributed by atoms with E-state index in [0.717, 1.165) is 5.69 Å². The molecule has 2 N–H and O–H groups in total. The van der Waals surface area contributed by atoms with Crippen molar-refractivity contribution in [3.8, 4) is 5.69 Å². The van der Waals surface area contributed by atoms with E-state index in [1.807, 2.05) is 23.1 Å². The molecule has 1 aliphatic rings. The Morgan fingerprint density at radius 3 is 2.33 bits per heavy atom. The summed E-state index contributed by atoms with van der Waals surface area (Å²) in [4.78, 5) is 36.7. The molecule has 1 saturated heterocycles. The first-order valence-corrected chi connectivity index (χ1v) is 9.24. The molecule has 3 aromatic rings. The van der Waals surface area contributed by atoms with Crippen LogP contribution in [0.1, 0.15) is 20.7 Å². The van der Waals surface area contributed by atoms with Crippen molar-refractivity contribution in [2.75, 3.05) is 18.0 Å². The predicted octanol–water partition coefficient (Wildman–Crippen LogP) is 2.70. The van der Waals surface area contributed by atoms with Crippen LogP contribution < -0.4 is 10.2 Å². The molecule has 0 atom stereocenters. The number of carboxylic acids is 1. The number of para-hydroxylation sites is 2. The lowest BCUT2D eigenvalue weighted by molar-refractivity contribution is -0.385. The Morgan fingerprint density at radius 2 is 1.67 bits per heavy atom. The van der Waals surface area contributed by atoms with Gasteiger partial charge in [0.15, 0.2) is 0 Å². The predicted molar refractivity (Wildman–Crippen MR) is 109 cm³/mol. The van der Waals surface area contributed by atoms with Gasteiger partial charge in [-0.1, -0.05) is 18.2 Å². The average molecular weight is 406 g/mol. The maximum Gasteiger partial charge on any atom is 0.337 e. The topological polar surface area (TPSA) is 118 Å². The standard InChI is InChI=1S/C21H18N4O5/c26-20(15-6-1-2-8-17(15)25(29)30)22-14-12-24(13-14)18-9-5-7-16(21(27)28)19(18)23-10-3-4-11-23/h1-11,14H,12-13H2,(H,22,26)(H,27,28). The van der Waals surface area contributed by atoms with Crippen LogP contribution in [0.3, 0.4) is 0 Å². The molecule has 152 valence electrons. The van der Waals surface area contributed by atoms with Gasteiger partial charge in [0.1, 0.15) is 5.56 Å². The van der Waals surface area contributed by atoms with Crippen molar-refractivity contribution >= 4 is 23.3 Å². The lowest BCUT2D eigenvalue weighted by Gasteiger charge is -2.42. The van der Waals surface area contributed by atoms with Crippen LogP contribution in [0.5, 0.6) is 0 Å². The number of rotatable bonds is 6. The maximum absolute atomic E-state index is 12.5. The Morgan fingerprint density at radius 1 is 1.00 bits per heavy atom. The molecular weight excluding hydrogens is 388 g/mol. The van der Waals surface area contributed by atoms with Gasteiger partial charge in [-0.3, -0.25) is 14.9 Å². The molecule has 2 aromatic carbocycles. The zero-order chi connectivity index (χ0) is 21.3. The van der Waals surface area contributed by atoms with E-state index in [0.29, 0.717) is 18.8 Å². The van der Waals surface area contributed by atoms with E-state index in [4.69, 9.17) is 0 Å². The van der Waals surface area contributed by atoms with Gasteiger partial charge in [-0.25, -0.2) is 4.79 Å². The molecule has 0 saturated carbocycles. The SMILES string of the molecule is O=C(NC1CN(c2cccc(C(=O)O)c2-n2cccc2)C1)c1ccccc1[N+](=O)[O-]. The number of nitrogens with zero attached hydrogens (tertiary/aromatic N) is 3. The number of benzene rings is 2. The minimum atomic E-state index is -1.03. The highest BCUT2D eigenvalue weighted by Gasteiger charge is 2.32. The second-order valence-corrected chi connectivity index (χ2v) is 6.92.